The number of hydrogen-bond acceptors (Lipinski definition) is 5. The highest BCUT2D eigenvalue weighted by molar-refractivity contribution is 5.86. The average Bonchev–Trinajstić information content (AvgIpc) is 2.96. The molecule has 0 amide bonds. The van der Waals surface area contributed by atoms with E-state index in [-0.39, 0.29) is 17.8 Å². The van der Waals surface area contributed by atoms with Crippen molar-refractivity contribution in [2.45, 2.75) is 25.7 Å². The number of aromatic nitrogens is 1. The number of oxazole rings is 1. The molecule has 0 aliphatic heterocycles. The number of amidine groups is 1. The molecule has 1 atom stereocenters. The summed E-state index contributed by atoms with van der Waals surface area (Å²) in [5.41, 5.74) is 1.01. The van der Waals surface area contributed by atoms with E-state index in [9.17, 15) is 8.78 Å². The van der Waals surface area contributed by atoms with Crippen molar-refractivity contribution in [3.05, 3.63) is 41.8 Å². The van der Waals surface area contributed by atoms with Crippen molar-refractivity contribution in [3.63, 3.8) is 0 Å². The van der Waals surface area contributed by atoms with Gasteiger partial charge in [0.05, 0.1) is 0 Å². The van der Waals surface area contributed by atoms with Crippen LogP contribution in [0.4, 0.5) is 20.5 Å². The van der Waals surface area contributed by atoms with Crippen LogP contribution in [0.15, 0.2) is 45.3 Å². The van der Waals surface area contributed by atoms with E-state index in [1.807, 2.05) is 0 Å². The predicted octanol–water partition coefficient (Wildman–Crippen LogP) is 3.94. The van der Waals surface area contributed by atoms with Crippen LogP contribution >= 0.6 is 0 Å². The third kappa shape index (κ3) is 4.09. The van der Waals surface area contributed by atoms with Crippen LogP contribution in [0.25, 0.3) is 0 Å². The minimum Gasteiger partial charge on any atom is -0.431 e. The first-order valence-electron chi connectivity index (χ1n) is 6.71. The fraction of sp³-hybridized carbons (Fsp3) is 0.286. The standard InChI is InChI=1S/C14H16F2N6O/c1-8(12(17)21-22-18)9-3-5-10(6-4-9)19-13-20-11(7-23-13)14(2,15)16/h3-8H,1-2H3,(H,19,20)(H3,17,18,21). The van der Waals surface area contributed by atoms with Gasteiger partial charge >= 0.3 is 0 Å². The smallest absolute Gasteiger partial charge is 0.299 e. The Labute approximate surface area is 131 Å². The first-order valence-corrected chi connectivity index (χ1v) is 6.71. The van der Waals surface area contributed by atoms with Crippen molar-refractivity contribution in [2.75, 3.05) is 5.32 Å². The number of alkyl halides is 2. The fourth-order valence-corrected chi connectivity index (χ4v) is 1.82. The van der Waals surface area contributed by atoms with Crippen LogP contribution in [0.3, 0.4) is 0 Å². The predicted molar refractivity (Wildman–Crippen MR) is 81.0 cm³/mol. The number of halogens is 2. The lowest BCUT2D eigenvalue weighted by molar-refractivity contribution is 0.0127. The average molecular weight is 322 g/mol. The van der Waals surface area contributed by atoms with Gasteiger partial charge in [-0.1, -0.05) is 24.3 Å². The van der Waals surface area contributed by atoms with E-state index in [0.29, 0.717) is 5.69 Å². The summed E-state index contributed by atoms with van der Waals surface area (Å²) in [6.07, 6.45) is 0.915. The summed E-state index contributed by atoms with van der Waals surface area (Å²) in [6, 6.07) is 6.95. The molecule has 23 heavy (non-hydrogen) atoms. The molecule has 0 aliphatic rings. The van der Waals surface area contributed by atoms with Crippen LogP contribution in [0, 0.1) is 5.41 Å². The van der Waals surface area contributed by atoms with Gasteiger partial charge in [0.25, 0.3) is 11.9 Å². The van der Waals surface area contributed by atoms with Crippen molar-refractivity contribution in [3.8, 4) is 0 Å². The lowest BCUT2D eigenvalue weighted by Gasteiger charge is -2.10. The Morgan fingerprint density at radius 1 is 1.39 bits per heavy atom. The number of rotatable bonds is 5. The maximum Gasteiger partial charge on any atom is 0.299 e. The zero-order chi connectivity index (χ0) is 17.0. The van der Waals surface area contributed by atoms with Crippen molar-refractivity contribution in [2.24, 2.45) is 16.2 Å². The van der Waals surface area contributed by atoms with Crippen LogP contribution in [0.5, 0.6) is 0 Å². The molecule has 1 aromatic carbocycles. The molecule has 0 saturated carbocycles. The maximum absolute atomic E-state index is 13.1. The van der Waals surface area contributed by atoms with Crippen molar-refractivity contribution < 1.29 is 13.2 Å². The van der Waals surface area contributed by atoms with Gasteiger partial charge in [0.1, 0.15) is 12.0 Å². The number of nitrogens with two attached hydrogens (primary N) is 1. The van der Waals surface area contributed by atoms with Crippen LogP contribution < -0.4 is 11.2 Å². The molecule has 0 spiro atoms. The molecule has 1 unspecified atom stereocenters. The Bertz CT molecular complexity index is 705. The van der Waals surface area contributed by atoms with Gasteiger partial charge in [0.2, 0.25) is 0 Å². The van der Waals surface area contributed by atoms with Gasteiger partial charge in [0.15, 0.2) is 5.84 Å². The molecule has 0 saturated heterocycles. The Hall–Kier alpha value is -2.84. The number of nitrogens with zero attached hydrogens (tertiary/aromatic N) is 3. The van der Waals surface area contributed by atoms with Gasteiger partial charge in [0, 0.05) is 18.5 Å². The molecule has 0 aliphatic carbocycles. The van der Waals surface area contributed by atoms with Gasteiger partial charge < -0.3 is 15.6 Å². The minimum atomic E-state index is -3.05. The zero-order valence-electron chi connectivity index (χ0n) is 12.5. The third-order valence-corrected chi connectivity index (χ3v) is 3.19. The van der Waals surface area contributed by atoms with Crippen LogP contribution in [-0.2, 0) is 5.92 Å². The van der Waals surface area contributed by atoms with E-state index in [4.69, 9.17) is 15.7 Å². The molecule has 0 radical (unpaired) electrons. The molecule has 2 rings (SSSR count). The molecular formula is C14H16F2N6O. The molecular weight excluding hydrogens is 306 g/mol. The summed E-state index contributed by atoms with van der Waals surface area (Å²) >= 11 is 0. The summed E-state index contributed by atoms with van der Waals surface area (Å²) in [7, 11) is 0. The molecule has 2 aromatic rings. The molecule has 0 fully saturated rings. The Balaban J connectivity index is 2.08. The number of benzene rings is 1. The van der Waals surface area contributed by atoms with Gasteiger partial charge in [-0.2, -0.15) is 13.8 Å². The second-order valence-electron chi connectivity index (χ2n) is 5.00. The second kappa shape index (κ2) is 6.51. The minimum absolute atomic E-state index is 0.0213. The highest BCUT2D eigenvalue weighted by Crippen LogP contribution is 2.28. The van der Waals surface area contributed by atoms with E-state index in [1.165, 1.54) is 0 Å². The fourth-order valence-electron chi connectivity index (χ4n) is 1.82. The molecule has 122 valence electrons. The summed E-state index contributed by atoms with van der Waals surface area (Å²) in [6.45, 7) is 2.54. The maximum atomic E-state index is 13.1. The first-order chi connectivity index (χ1) is 10.8. The van der Waals surface area contributed by atoms with E-state index < -0.39 is 11.6 Å². The first kappa shape index (κ1) is 16.5. The second-order valence-corrected chi connectivity index (χ2v) is 5.00. The SMILES string of the molecule is CC(C(=N)N=NN)c1ccc(Nc2nc(C(C)(F)F)co2)cc1. The van der Waals surface area contributed by atoms with Crippen molar-refractivity contribution in [1.29, 1.82) is 5.41 Å². The lowest BCUT2D eigenvalue weighted by Crippen LogP contribution is -2.07. The largest absolute Gasteiger partial charge is 0.431 e. The summed E-state index contributed by atoms with van der Waals surface area (Å²) < 4.78 is 31.1. The molecule has 0 bridgehead atoms. The van der Waals surface area contributed by atoms with E-state index >= 15 is 0 Å². The van der Waals surface area contributed by atoms with Gasteiger partial charge in [-0.25, -0.2) is 0 Å². The highest BCUT2D eigenvalue weighted by Gasteiger charge is 2.28. The van der Waals surface area contributed by atoms with Crippen LogP contribution in [-0.4, -0.2) is 10.8 Å². The molecule has 4 N–H and O–H groups in total. The quantitative estimate of drug-likeness (QED) is 0.254. The van der Waals surface area contributed by atoms with Crippen LogP contribution in [0.2, 0.25) is 0 Å². The van der Waals surface area contributed by atoms with Crippen LogP contribution in [0.1, 0.15) is 31.0 Å². The molecule has 9 heteroatoms. The highest BCUT2D eigenvalue weighted by atomic mass is 19.3. The summed E-state index contributed by atoms with van der Waals surface area (Å²) in [5.74, 6) is 1.63. The van der Waals surface area contributed by atoms with Crippen molar-refractivity contribution in [1.82, 2.24) is 4.98 Å². The Morgan fingerprint density at radius 2 is 2.04 bits per heavy atom. The van der Waals surface area contributed by atoms with E-state index in [0.717, 1.165) is 18.8 Å². The van der Waals surface area contributed by atoms with Gasteiger partial charge in [-0.15, -0.1) is 5.11 Å². The molecule has 1 aromatic heterocycles. The van der Waals surface area contributed by atoms with Gasteiger partial charge in [-0.05, 0) is 17.7 Å². The topological polar surface area (TPSA) is 113 Å². The van der Waals surface area contributed by atoms with Gasteiger partial charge in [-0.3, -0.25) is 5.41 Å². The lowest BCUT2D eigenvalue weighted by atomic mass is 10.00. The van der Waals surface area contributed by atoms with Crippen molar-refractivity contribution >= 4 is 17.5 Å². The normalized spacial score (nSPS) is 13.2. The third-order valence-electron chi connectivity index (χ3n) is 3.19. The summed E-state index contributed by atoms with van der Waals surface area (Å²) in [5, 5.41) is 17.0. The van der Waals surface area contributed by atoms with E-state index in [1.54, 1.807) is 31.2 Å². The number of nitrogens with one attached hydrogen (secondary N) is 2. The Morgan fingerprint density at radius 3 is 2.57 bits per heavy atom. The Kier molecular flexibility index (Phi) is 4.68. The zero-order valence-corrected chi connectivity index (χ0v) is 12.5. The number of hydrogen-bond donors (Lipinski definition) is 3. The number of anilines is 2. The molecule has 1 heterocycles. The summed E-state index contributed by atoms with van der Waals surface area (Å²) in [4.78, 5) is 3.68. The van der Waals surface area contributed by atoms with E-state index in [2.05, 4.69) is 20.6 Å². The molecule has 7 nitrogen and oxygen atoms in total. The monoisotopic (exact) mass is 322 g/mol.